The van der Waals surface area contributed by atoms with Crippen molar-refractivity contribution in [3.05, 3.63) is 35.5 Å². The Kier molecular flexibility index (Phi) is 5.51. The third kappa shape index (κ3) is 3.79. The van der Waals surface area contributed by atoms with Gasteiger partial charge < -0.3 is 14.7 Å². The maximum atomic E-state index is 11.4. The van der Waals surface area contributed by atoms with Crippen LogP contribution < -0.4 is 4.90 Å². The minimum atomic E-state index is -0.966. The summed E-state index contributed by atoms with van der Waals surface area (Å²) in [7, 11) is 1.61. The molecule has 1 N–H and O–H groups in total. The number of carbonyl (C=O) groups is 1. The first kappa shape index (κ1) is 15.2. The van der Waals surface area contributed by atoms with Crippen molar-refractivity contribution in [1.82, 2.24) is 4.98 Å². The molecule has 0 bridgehead atoms. The molecule has 0 aliphatic heterocycles. The Hall–Kier alpha value is -1.88. The Balaban J connectivity index is 3.26. The van der Waals surface area contributed by atoms with Crippen LogP contribution in [-0.2, 0) is 4.74 Å². The zero-order valence-corrected chi connectivity index (χ0v) is 11.6. The van der Waals surface area contributed by atoms with Gasteiger partial charge >= 0.3 is 5.97 Å². The smallest absolute Gasteiger partial charge is 0.339 e. The molecule has 5 nitrogen and oxygen atoms in total. The van der Waals surface area contributed by atoms with Gasteiger partial charge in [-0.1, -0.05) is 6.08 Å². The fraction of sp³-hybridized carbons (Fsp3) is 0.429. The number of nitrogens with zero attached hydrogens (tertiary/aromatic N) is 2. The molecule has 0 radical (unpaired) electrons. The summed E-state index contributed by atoms with van der Waals surface area (Å²) in [6.07, 6.45) is 1.72. The van der Waals surface area contributed by atoms with E-state index in [1.54, 1.807) is 26.2 Å². The van der Waals surface area contributed by atoms with Gasteiger partial charge in [0.1, 0.15) is 11.4 Å². The van der Waals surface area contributed by atoms with E-state index in [0.29, 0.717) is 31.1 Å². The Morgan fingerprint density at radius 3 is 2.79 bits per heavy atom. The van der Waals surface area contributed by atoms with Gasteiger partial charge in [0.15, 0.2) is 0 Å². The second-order valence-corrected chi connectivity index (χ2v) is 4.31. The fourth-order valence-corrected chi connectivity index (χ4v) is 1.95. The first-order chi connectivity index (χ1) is 9.01. The van der Waals surface area contributed by atoms with Gasteiger partial charge in [-0.15, -0.1) is 6.58 Å². The average molecular weight is 264 g/mol. The third-order valence-corrected chi connectivity index (χ3v) is 2.75. The predicted octanol–water partition coefficient (Wildman–Crippen LogP) is 2.04. The normalized spacial score (nSPS) is 10.3. The lowest BCUT2D eigenvalue weighted by Crippen LogP contribution is -2.30. The highest BCUT2D eigenvalue weighted by Crippen LogP contribution is 2.22. The van der Waals surface area contributed by atoms with E-state index in [0.717, 1.165) is 5.69 Å². The zero-order chi connectivity index (χ0) is 14.4. The largest absolute Gasteiger partial charge is 0.478 e. The van der Waals surface area contributed by atoms with Crippen LogP contribution in [0.15, 0.2) is 18.7 Å². The molecule has 0 fully saturated rings. The van der Waals surface area contributed by atoms with E-state index >= 15 is 0 Å². The first-order valence-corrected chi connectivity index (χ1v) is 6.07. The number of carboxylic acids is 1. The Bertz CT molecular complexity index is 472. The van der Waals surface area contributed by atoms with Gasteiger partial charge in [0.25, 0.3) is 0 Å². The number of ether oxygens (including phenoxy) is 1. The second kappa shape index (κ2) is 6.89. The quantitative estimate of drug-likeness (QED) is 0.763. The number of pyridine rings is 1. The van der Waals surface area contributed by atoms with E-state index < -0.39 is 5.97 Å². The minimum absolute atomic E-state index is 0.239. The van der Waals surface area contributed by atoms with Crippen molar-refractivity contribution in [2.75, 3.05) is 31.7 Å². The third-order valence-electron chi connectivity index (χ3n) is 2.75. The molecule has 1 heterocycles. The number of hydrogen-bond donors (Lipinski definition) is 1. The van der Waals surface area contributed by atoms with Crippen LogP contribution in [0.2, 0.25) is 0 Å². The molecule has 0 aliphatic rings. The monoisotopic (exact) mass is 264 g/mol. The van der Waals surface area contributed by atoms with Crippen molar-refractivity contribution in [2.45, 2.75) is 13.8 Å². The van der Waals surface area contributed by atoms with Crippen molar-refractivity contribution < 1.29 is 14.6 Å². The summed E-state index contributed by atoms with van der Waals surface area (Å²) in [5.74, 6) is -0.492. The minimum Gasteiger partial charge on any atom is -0.478 e. The van der Waals surface area contributed by atoms with Gasteiger partial charge in [-0.25, -0.2) is 9.78 Å². The summed E-state index contributed by atoms with van der Waals surface area (Å²) in [5.41, 5.74) is 1.74. The van der Waals surface area contributed by atoms with Crippen molar-refractivity contribution in [3.63, 3.8) is 0 Å². The molecular formula is C14H20N2O3. The zero-order valence-electron chi connectivity index (χ0n) is 11.6. The van der Waals surface area contributed by atoms with Crippen molar-refractivity contribution >= 4 is 11.8 Å². The number of aromatic nitrogens is 1. The molecule has 1 rings (SSSR count). The highest BCUT2D eigenvalue weighted by atomic mass is 16.5. The van der Waals surface area contributed by atoms with Gasteiger partial charge in [0.2, 0.25) is 0 Å². The molecule has 0 atom stereocenters. The predicted molar refractivity (Wildman–Crippen MR) is 75.0 cm³/mol. The highest BCUT2D eigenvalue weighted by molar-refractivity contribution is 5.95. The van der Waals surface area contributed by atoms with E-state index in [1.165, 1.54) is 0 Å². The topological polar surface area (TPSA) is 62.7 Å². The molecule has 0 aliphatic carbocycles. The second-order valence-electron chi connectivity index (χ2n) is 4.31. The van der Waals surface area contributed by atoms with E-state index in [1.807, 2.05) is 11.8 Å². The van der Waals surface area contributed by atoms with Crippen LogP contribution in [0.4, 0.5) is 5.82 Å². The number of carboxylic acid groups (broad SMARTS) is 1. The molecule has 1 aromatic heterocycles. The number of aryl methyl sites for hydroxylation is 2. The van der Waals surface area contributed by atoms with Crippen LogP contribution in [-0.4, -0.2) is 42.9 Å². The van der Waals surface area contributed by atoms with E-state index in [9.17, 15) is 9.90 Å². The summed E-state index contributed by atoms with van der Waals surface area (Å²) in [5, 5.41) is 9.36. The number of anilines is 1. The van der Waals surface area contributed by atoms with Crippen LogP contribution in [0.5, 0.6) is 0 Å². The molecule has 104 valence electrons. The van der Waals surface area contributed by atoms with Crippen molar-refractivity contribution in [2.24, 2.45) is 0 Å². The van der Waals surface area contributed by atoms with Crippen molar-refractivity contribution in [3.8, 4) is 0 Å². The molecular weight excluding hydrogens is 244 g/mol. The summed E-state index contributed by atoms with van der Waals surface area (Å²) < 4.78 is 5.05. The number of aromatic carboxylic acids is 1. The van der Waals surface area contributed by atoms with Gasteiger partial charge in [-0.3, -0.25) is 0 Å². The van der Waals surface area contributed by atoms with Gasteiger partial charge in [-0.05, 0) is 25.5 Å². The molecule has 1 aromatic rings. The first-order valence-electron chi connectivity index (χ1n) is 6.07. The molecule has 0 unspecified atom stereocenters. The molecule has 5 heteroatoms. The Morgan fingerprint density at radius 1 is 1.58 bits per heavy atom. The maximum absolute atomic E-state index is 11.4. The number of hydrogen-bond acceptors (Lipinski definition) is 4. The van der Waals surface area contributed by atoms with Gasteiger partial charge in [0, 0.05) is 25.9 Å². The lowest BCUT2D eigenvalue weighted by Gasteiger charge is -2.24. The van der Waals surface area contributed by atoms with E-state index in [2.05, 4.69) is 11.6 Å². The number of methoxy groups -OCH3 is 1. The van der Waals surface area contributed by atoms with Crippen LogP contribution in [0, 0.1) is 13.8 Å². The molecule has 0 saturated heterocycles. The molecule has 0 aromatic carbocycles. The van der Waals surface area contributed by atoms with Crippen LogP contribution in [0.1, 0.15) is 21.6 Å². The number of rotatable bonds is 7. The van der Waals surface area contributed by atoms with E-state index in [4.69, 9.17) is 4.74 Å². The molecule has 19 heavy (non-hydrogen) atoms. The van der Waals surface area contributed by atoms with Crippen LogP contribution in [0.3, 0.4) is 0 Å². The summed E-state index contributed by atoms with van der Waals surface area (Å²) >= 11 is 0. The Labute approximate surface area is 113 Å². The summed E-state index contributed by atoms with van der Waals surface area (Å²) in [4.78, 5) is 17.6. The summed E-state index contributed by atoms with van der Waals surface area (Å²) in [6.45, 7) is 8.93. The standard InChI is InChI=1S/C14H20N2O3/c1-5-6-16(7-8-19-4)13-12(14(17)18)10(2)9-11(3)15-13/h5,9H,1,6-8H2,2-4H3,(H,17,18). The lowest BCUT2D eigenvalue weighted by atomic mass is 10.1. The Morgan fingerprint density at radius 2 is 2.26 bits per heavy atom. The molecule has 0 amide bonds. The average Bonchev–Trinajstić information content (AvgIpc) is 2.32. The maximum Gasteiger partial charge on any atom is 0.339 e. The lowest BCUT2D eigenvalue weighted by molar-refractivity contribution is 0.0696. The fourth-order valence-electron chi connectivity index (χ4n) is 1.95. The van der Waals surface area contributed by atoms with Crippen LogP contribution in [0.25, 0.3) is 0 Å². The molecule has 0 saturated carbocycles. The summed E-state index contributed by atoms with van der Waals surface area (Å²) in [6, 6.07) is 1.77. The van der Waals surface area contributed by atoms with E-state index in [-0.39, 0.29) is 5.56 Å². The van der Waals surface area contributed by atoms with Crippen molar-refractivity contribution in [1.29, 1.82) is 0 Å². The van der Waals surface area contributed by atoms with Gasteiger partial charge in [0.05, 0.1) is 6.61 Å². The highest BCUT2D eigenvalue weighted by Gasteiger charge is 2.20. The van der Waals surface area contributed by atoms with Crippen LogP contribution >= 0.6 is 0 Å². The molecule has 0 spiro atoms. The van der Waals surface area contributed by atoms with Gasteiger partial charge in [-0.2, -0.15) is 0 Å². The SMILES string of the molecule is C=CCN(CCOC)c1nc(C)cc(C)c1C(=O)O.